The van der Waals surface area contributed by atoms with E-state index in [0.717, 1.165) is 17.3 Å². The molecule has 0 aliphatic heterocycles. The highest BCUT2D eigenvalue weighted by atomic mass is 79.9. The van der Waals surface area contributed by atoms with Gasteiger partial charge < -0.3 is 5.11 Å². The molecule has 0 rings (SSSR count). The van der Waals surface area contributed by atoms with Crippen molar-refractivity contribution in [1.29, 1.82) is 0 Å². The minimum absolute atomic E-state index is 0.718. The summed E-state index contributed by atoms with van der Waals surface area (Å²) in [7, 11) is 3.17. The van der Waals surface area contributed by atoms with Crippen molar-refractivity contribution >= 4 is 15.9 Å². The Bertz CT molecular complexity index is 182. The molecule has 0 radical (unpaired) electrons. The maximum absolute atomic E-state index is 9.46. The van der Waals surface area contributed by atoms with Gasteiger partial charge in [-0.15, -0.1) is 6.58 Å². The zero-order valence-electron chi connectivity index (χ0n) is 8.03. The average Bonchev–Trinajstić information content (AvgIpc) is 2.13. The van der Waals surface area contributed by atoms with E-state index < -0.39 is 6.23 Å². The molecule has 13 heavy (non-hydrogen) atoms. The van der Waals surface area contributed by atoms with Gasteiger partial charge in [-0.3, -0.25) is 4.84 Å². The zero-order chi connectivity index (χ0) is 10.3. The molecule has 0 aromatic carbocycles. The highest BCUT2D eigenvalue weighted by molar-refractivity contribution is 9.11. The normalized spacial score (nSPS) is 14.7. The van der Waals surface area contributed by atoms with Gasteiger partial charge in [-0.05, 0) is 23.4 Å². The van der Waals surface area contributed by atoms with Gasteiger partial charge >= 0.3 is 0 Å². The molecular weight excluding hydrogens is 234 g/mol. The standard InChI is InChI=1S/C9H16BrNO2/c1-4-5-6-8(10)7-9(12)11(2)13-3/h4,7,9,12H,1,5-6H2,2-3H3/b8-7-. The predicted octanol–water partition coefficient (Wildman–Crippen LogP) is 2.04. The highest BCUT2D eigenvalue weighted by Gasteiger charge is 2.06. The summed E-state index contributed by atoms with van der Waals surface area (Å²) in [4.78, 5) is 4.82. The van der Waals surface area contributed by atoms with Crippen LogP contribution in [0, 0.1) is 0 Å². The Morgan fingerprint density at radius 3 is 2.85 bits per heavy atom. The highest BCUT2D eigenvalue weighted by Crippen LogP contribution is 2.14. The fourth-order valence-electron chi connectivity index (χ4n) is 0.698. The van der Waals surface area contributed by atoms with Crippen LogP contribution in [0.3, 0.4) is 0 Å². The first kappa shape index (κ1) is 12.8. The van der Waals surface area contributed by atoms with E-state index in [9.17, 15) is 5.11 Å². The number of aliphatic hydroxyl groups excluding tert-OH is 1. The first-order valence-corrected chi connectivity index (χ1v) is 4.83. The van der Waals surface area contributed by atoms with Crippen molar-refractivity contribution in [2.24, 2.45) is 0 Å². The summed E-state index contributed by atoms with van der Waals surface area (Å²) in [6, 6.07) is 0. The van der Waals surface area contributed by atoms with Crippen LogP contribution in [0.1, 0.15) is 12.8 Å². The number of hydroxylamine groups is 2. The van der Waals surface area contributed by atoms with E-state index in [-0.39, 0.29) is 0 Å². The molecule has 0 heterocycles. The van der Waals surface area contributed by atoms with Gasteiger partial charge in [0.25, 0.3) is 0 Å². The number of rotatable bonds is 6. The molecule has 0 spiro atoms. The topological polar surface area (TPSA) is 32.7 Å². The van der Waals surface area contributed by atoms with Crippen LogP contribution in [0.2, 0.25) is 0 Å². The monoisotopic (exact) mass is 249 g/mol. The Morgan fingerprint density at radius 1 is 1.77 bits per heavy atom. The molecule has 0 bridgehead atoms. The minimum atomic E-state index is -0.718. The maximum atomic E-state index is 9.46. The molecular formula is C9H16BrNO2. The van der Waals surface area contributed by atoms with Crippen molar-refractivity contribution in [3.63, 3.8) is 0 Å². The lowest BCUT2D eigenvalue weighted by molar-refractivity contribution is -0.184. The van der Waals surface area contributed by atoms with Crippen LogP contribution in [0.4, 0.5) is 0 Å². The summed E-state index contributed by atoms with van der Waals surface area (Å²) in [6.45, 7) is 3.62. The van der Waals surface area contributed by atoms with Crippen molar-refractivity contribution in [3.8, 4) is 0 Å². The first-order chi connectivity index (χ1) is 6.11. The predicted molar refractivity (Wildman–Crippen MR) is 57.2 cm³/mol. The van der Waals surface area contributed by atoms with Gasteiger partial charge in [0, 0.05) is 7.05 Å². The van der Waals surface area contributed by atoms with Crippen molar-refractivity contribution in [3.05, 3.63) is 23.2 Å². The number of halogens is 1. The Labute approximate surface area is 87.8 Å². The van der Waals surface area contributed by atoms with Crippen LogP contribution < -0.4 is 0 Å². The van der Waals surface area contributed by atoms with Crippen LogP contribution in [0.15, 0.2) is 23.2 Å². The molecule has 4 heteroatoms. The van der Waals surface area contributed by atoms with Gasteiger partial charge in [-0.25, -0.2) is 0 Å². The number of aliphatic hydroxyl groups is 1. The lowest BCUT2D eigenvalue weighted by atomic mass is 10.3. The van der Waals surface area contributed by atoms with Gasteiger partial charge in [-0.1, -0.05) is 22.0 Å². The van der Waals surface area contributed by atoms with E-state index in [1.807, 2.05) is 6.08 Å². The fourth-order valence-corrected chi connectivity index (χ4v) is 1.16. The summed E-state index contributed by atoms with van der Waals surface area (Å²) in [5, 5.41) is 10.8. The van der Waals surface area contributed by atoms with Gasteiger partial charge in [0.2, 0.25) is 0 Å². The van der Waals surface area contributed by atoms with E-state index in [2.05, 4.69) is 22.5 Å². The smallest absolute Gasteiger partial charge is 0.149 e. The third-order valence-electron chi connectivity index (χ3n) is 1.58. The number of likely N-dealkylation sites (N-methyl/N-ethyl adjacent to an activating group) is 1. The Morgan fingerprint density at radius 2 is 2.38 bits per heavy atom. The second-order valence-electron chi connectivity index (χ2n) is 2.58. The van der Waals surface area contributed by atoms with Crippen LogP contribution >= 0.6 is 15.9 Å². The third kappa shape index (κ3) is 5.99. The van der Waals surface area contributed by atoms with E-state index in [0.29, 0.717) is 0 Å². The summed E-state index contributed by atoms with van der Waals surface area (Å²) in [5.74, 6) is 0. The second-order valence-corrected chi connectivity index (χ2v) is 3.60. The zero-order valence-corrected chi connectivity index (χ0v) is 9.62. The first-order valence-electron chi connectivity index (χ1n) is 4.04. The fraction of sp³-hybridized carbons (Fsp3) is 0.556. The number of allylic oxidation sites excluding steroid dienone is 2. The molecule has 1 unspecified atom stereocenters. The van der Waals surface area contributed by atoms with Crippen molar-refractivity contribution in [2.45, 2.75) is 19.1 Å². The third-order valence-corrected chi connectivity index (χ3v) is 2.24. The Hall–Kier alpha value is -0.160. The lowest BCUT2D eigenvalue weighted by Crippen LogP contribution is -2.28. The van der Waals surface area contributed by atoms with Crippen LogP contribution in [-0.4, -0.2) is 30.6 Å². The van der Waals surface area contributed by atoms with Crippen LogP contribution in [-0.2, 0) is 4.84 Å². The van der Waals surface area contributed by atoms with Crippen molar-refractivity contribution in [2.75, 3.05) is 14.2 Å². The summed E-state index contributed by atoms with van der Waals surface area (Å²) in [6.07, 6.45) is 4.54. The molecule has 1 N–H and O–H groups in total. The quantitative estimate of drug-likeness (QED) is 0.445. The number of hydrogen-bond acceptors (Lipinski definition) is 3. The SMILES string of the molecule is C=CCC/C(Br)=C/C(O)N(C)OC. The summed E-state index contributed by atoms with van der Waals surface area (Å²) >= 11 is 3.35. The molecule has 3 nitrogen and oxygen atoms in total. The second kappa shape index (κ2) is 7.26. The maximum Gasteiger partial charge on any atom is 0.149 e. The molecule has 0 fully saturated rings. The number of hydrogen-bond donors (Lipinski definition) is 1. The van der Waals surface area contributed by atoms with Crippen molar-refractivity contribution in [1.82, 2.24) is 5.06 Å². The molecule has 0 amide bonds. The molecule has 0 saturated carbocycles. The van der Waals surface area contributed by atoms with Gasteiger partial charge in [-0.2, -0.15) is 5.06 Å². The van der Waals surface area contributed by atoms with E-state index >= 15 is 0 Å². The van der Waals surface area contributed by atoms with E-state index in [1.165, 1.54) is 12.2 Å². The molecule has 0 aromatic heterocycles. The largest absolute Gasteiger partial charge is 0.373 e. The van der Waals surface area contributed by atoms with Crippen molar-refractivity contribution < 1.29 is 9.94 Å². The average molecular weight is 250 g/mol. The number of nitrogens with zero attached hydrogens (tertiary/aromatic N) is 1. The lowest BCUT2D eigenvalue weighted by Gasteiger charge is -2.17. The van der Waals surface area contributed by atoms with E-state index in [4.69, 9.17) is 4.84 Å². The van der Waals surface area contributed by atoms with Gasteiger partial charge in [0.1, 0.15) is 6.23 Å². The molecule has 0 aliphatic carbocycles. The van der Waals surface area contributed by atoms with Gasteiger partial charge in [0.05, 0.1) is 7.11 Å². The molecule has 0 aromatic rings. The van der Waals surface area contributed by atoms with Gasteiger partial charge in [0.15, 0.2) is 0 Å². The van der Waals surface area contributed by atoms with Crippen LogP contribution in [0.5, 0.6) is 0 Å². The summed E-state index contributed by atoms with van der Waals surface area (Å²) < 4.78 is 0.948. The Balaban J connectivity index is 3.96. The Kier molecular flexibility index (Phi) is 7.17. The molecule has 76 valence electrons. The molecule has 1 atom stereocenters. The summed E-state index contributed by atoms with van der Waals surface area (Å²) in [5.41, 5.74) is 0. The molecule has 0 saturated heterocycles. The van der Waals surface area contributed by atoms with E-state index in [1.54, 1.807) is 13.1 Å². The molecule has 0 aliphatic rings. The van der Waals surface area contributed by atoms with Crippen LogP contribution in [0.25, 0.3) is 0 Å². The minimum Gasteiger partial charge on any atom is -0.373 e.